The average molecular weight is 381 g/mol. The lowest BCUT2D eigenvalue weighted by Crippen LogP contribution is -2.40. The molecule has 0 unspecified atom stereocenters. The van der Waals surface area contributed by atoms with Gasteiger partial charge in [0.25, 0.3) is 5.91 Å². The highest BCUT2D eigenvalue weighted by molar-refractivity contribution is 7.18. The summed E-state index contributed by atoms with van der Waals surface area (Å²) in [5.74, 6) is 2.05. The van der Waals surface area contributed by atoms with Crippen LogP contribution >= 0.6 is 11.3 Å². The Labute approximate surface area is 159 Å². The maximum absolute atomic E-state index is 12.5. The topological polar surface area (TPSA) is 108 Å². The van der Waals surface area contributed by atoms with E-state index in [4.69, 9.17) is 0 Å². The quantitative estimate of drug-likeness (QED) is 0.549. The summed E-state index contributed by atoms with van der Waals surface area (Å²) in [6.07, 6.45) is 8.84. The van der Waals surface area contributed by atoms with Crippen molar-refractivity contribution in [3.05, 3.63) is 41.2 Å². The molecular formula is C18H19N7OS. The van der Waals surface area contributed by atoms with Crippen molar-refractivity contribution >= 4 is 39.7 Å². The first-order chi connectivity index (χ1) is 13.2. The minimum atomic E-state index is -0.167. The largest absolute Gasteiger partial charge is 0.342 e. The predicted molar refractivity (Wildman–Crippen MR) is 104 cm³/mol. The number of hydrogen-bond donors (Lipinski definition) is 4. The van der Waals surface area contributed by atoms with E-state index in [1.54, 1.807) is 6.20 Å². The summed E-state index contributed by atoms with van der Waals surface area (Å²) in [6.45, 7) is 0. The first kappa shape index (κ1) is 16.2. The molecule has 0 bridgehead atoms. The Morgan fingerprint density at radius 2 is 1.85 bits per heavy atom. The molecule has 8 nitrogen and oxygen atoms in total. The van der Waals surface area contributed by atoms with Gasteiger partial charge in [0, 0.05) is 23.9 Å². The minimum absolute atomic E-state index is 0.0496. The number of aromatic nitrogens is 4. The van der Waals surface area contributed by atoms with Crippen LogP contribution in [0.3, 0.4) is 0 Å². The zero-order valence-electron chi connectivity index (χ0n) is 14.6. The third-order valence-corrected chi connectivity index (χ3v) is 6.24. The first-order valence-corrected chi connectivity index (χ1v) is 9.86. The van der Waals surface area contributed by atoms with Crippen molar-refractivity contribution in [2.45, 2.75) is 37.6 Å². The summed E-state index contributed by atoms with van der Waals surface area (Å²) < 4.78 is 0. The Kier molecular flexibility index (Phi) is 3.82. The molecule has 3 aromatic rings. The molecule has 1 spiro atoms. The fraction of sp³-hybridized carbons (Fsp3) is 0.333. The molecule has 0 saturated heterocycles. The number of carbonyl (C=O) groups excluding carboxylic acids is 1. The van der Waals surface area contributed by atoms with Crippen LogP contribution in [0.1, 0.15) is 47.3 Å². The lowest BCUT2D eigenvalue weighted by atomic mass is 9.78. The van der Waals surface area contributed by atoms with Crippen LogP contribution in [0.4, 0.5) is 22.5 Å². The van der Waals surface area contributed by atoms with Crippen LogP contribution in [0.2, 0.25) is 0 Å². The molecule has 1 aliphatic carbocycles. The van der Waals surface area contributed by atoms with Crippen molar-refractivity contribution in [3.63, 3.8) is 0 Å². The normalized spacial score (nSPS) is 17.6. The van der Waals surface area contributed by atoms with Crippen LogP contribution in [0.25, 0.3) is 0 Å². The van der Waals surface area contributed by atoms with Crippen molar-refractivity contribution < 1.29 is 4.79 Å². The molecule has 138 valence electrons. The molecule has 0 radical (unpaired) electrons. The lowest BCUT2D eigenvalue weighted by molar-refractivity contribution is 0.0912. The third-order valence-electron chi connectivity index (χ3n) is 5.19. The van der Waals surface area contributed by atoms with E-state index in [-0.39, 0.29) is 11.4 Å². The average Bonchev–Trinajstić information content (AvgIpc) is 3.37. The summed E-state index contributed by atoms with van der Waals surface area (Å²) in [6, 6.07) is 5.74. The molecule has 1 fully saturated rings. The lowest BCUT2D eigenvalue weighted by Gasteiger charge is -2.33. The number of nitrogens with one attached hydrogen (secondary N) is 4. The van der Waals surface area contributed by atoms with Gasteiger partial charge in [-0.3, -0.25) is 9.89 Å². The first-order valence-electron chi connectivity index (χ1n) is 9.05. The van der Waals surface area contributed by atoms with E-state index in [0.717, 1.165) is 41.1 Å². The van der Waals surface area contributed by atoms with E-state index >= 15 is 0 Å². The van der Waals surface area contributed by atoms with Gasteiger partial charge in [-0.15, -0.1) is 11.3 Å². The van der Waals surface area contributed by atoms with Crippen molar-refractivity contribution in [1.29, 1.82) is 0 Å². The van der Waals surface area contributed by atoms with Crippen molar-refractivity contribution in [1.82, 2.24) is 25.5 Å². The number of hydrogen-bond acceptors (Lipinski definition) is 7. The number of thiophene rings is 1. The Balaban J connectivity index is 1.39. The zero-order valence-corrected chi connectivity index (χ0v) is 15.4. The standard InChI is InChI=1S/C18H19N7OS/c26-17-16-11(18(24-17)5-2-1-3-6-18)8-15(27-16)23-14-9-13(19-10-20-14)22-12-4-7-21-25-12/h4,7-10H,1-3,5-6H2,(H,24,26)(H3,19,20,21,22,23,25). The second-order valence-corrected chi connectivity index (χ2v) is 8.00. The molecule has 1 amide bonds. The number of fused-ring (bicyclic) bond motifs is 2. The van der Waals surface area contributed by atoms with Gasteiger partial charge in [-0.2, -0.15) is 5.10 Å². The fourth-order valence-electron chi connectivity index (χ4n) is 3.95. The van der Waals surface area contributed by atoms with E-state index in [2.05, 4.69) is 42.2 Å². The smallest absolute Gasteiger partial charge is 0.262 e. The van der Waals surface area contributed by atoms with Gasteiger partial charge in [0.2, 0.25) is 0 Å². The van der Waals surface area contributed by atoms with Gasteiger partial charge in [0.15, 0.2) is 5.82 Å². The molecule has 1 aliphatic heterocycles. The second kappa shape index (κ2) is 6.34. The highest BCUT2D eigenvalue weighted by Crippen LogP contribution is 2.47. The Bertz CT molecular complexity index is 976. The summed E-state index contributed by atoms with van der Waals surface area (Å²) in [5.41, 5.74) is 0.975. The summed E-state index contributed by atoms with van der Waals surface area (Å²) in [5, 5.41) is 17.4. The van der Waals surface area contributed by atoms with Gasteiger partial charge < -0.3 is 16.0 Å². The monoisotopic (exact) mass is 381 g/mol. The van der Waals surface area contributed by atoms with Gasteiger partial charge in [-0.1, -0.05) is 19.3 Å². The van der Waals surface area contributed by atoms with Crippen LogP contribution in [-0.2, 0) is 5.54 Å². The molecule has 4 N–H and O–H groups in total. The Morgan fingerprint density at radius 1 is 1.04 bits per heavy atom. The molecule has 9 heteroatoms. The van der Waals surface area contributed by atoms with Crippen LogP contribution in [0.15, 0.2) is 30.7 Å². The molecular weight excluding hydrogens is 362 g/mol. The van der Waals surface area contributed by atoms with E-state index in [1.807, 2.05) is 12.1 Å². The van der Waals surface area contributed by atoms with E-state index in [0.29, 0.717) is 17.5 Å². The number of anilines is 4. The van der Waals surface area contributed by atoms with Crippen LogP contribution in [0.5, 0.6) is 0 Å². The summed E-state index contributed by atoms with van der Waals surface area (Å²) in [4.78, 5) is 21.8. The molecule has 0 aromatic carbocycles. The molecule has 2 aliphatic rings. The van der Waals surface area contributed by atoms with Crippen LogP contribution < -0.4 is 16.0 Å². The highest BCUT2D eigenvalue weighted by Gasteiger charge is 2.44. The molecule has 0 atom stereocenters. The van der Waals surface area contributed by atoms with Crippen molar-refractivity contribution in [3.8, 4) is 0 Å². The SMILES string of the molecule is O=C1NC2(CCCCC2)c2cc(Nc3cc(Nc4cc[nH]n4)ncn3)sc21. The number of carbonyl (C=O) groups is 1. The number of H-pyrrole nitrogens is 1. The number of amides is 1. The molecule has 4 heterocycles. The van der Waals surface area contributed by atoms with Crippen LogP contribution in [-0.4, -0.2) is 26.1 Å². The van der Waals surface area contributed by atoms with Gasteiger partial charge in [-0.05, 0) is 18.9 Å². The van der Waals surface area contributed by atoms with E-state index in [1.165, 1.54) is 24.1 Å². The molecule has 5 rings (SSSR count). The summed E-state index contributed by atoms with van der Waals surface area (Å²) >= 11 is 1.48. The van der Waals surface area contributed by atoms with Gasteiger partial charge >= 0.3 is 0 Å². The predicted octanol–water partition coefficient (Wildman–Crippen LogP) is 3.65. The number of rotatable bonds is 4. The molecule has 3 aromatic heterocycles. The Hall–Kier alpha value is -2.94. The third kappa shape index (κ3) is 2.93. The van der Waals surface area contributed by atoms with Crippen molar-refractivity contribution in [2.24, 2.45) is 0 Å². The number of nitrogens with zero attached hydrogens (tertiary/aromatic N) is 3. The van der Waals surface area contributed by atoms with E-state index < -0.39 is 0 Å². The van der Waals surface area contributed by atoms with Crippen molar-refractivity contribution in [2.75, 3.05) is 10.6 Å². The van der Waals surface area contributed by atoms with Gasteiger partial charge in [0.1, 0.15) is 18.0 Å². The minimum Gasteiger partial charge on any atom is -0.342 e. The number of aromatic amines is 1. The summed E-state index contributed by atoms with van der Waals surface area (Å²) in [7, 11) is 0. The maximum atomic E-state index is 12.5. The second-order valence-electron chi connectivity index (χ2n) is 6.95. The molecule has 27 heavy (non-hydrogen) atoms. The highest BCUT2D eigenvalue weighted by atomic mass is 32.1. The van der Waals surface area contributed by atoms with Crippen LogP contribution in [0, 0.1) is 0 Å². The Morgan fingerprint density at radius 3 is 2.63 bits per heavy atom. The maximum Gasteiger partial charge on any atom is 0.262 e. The van der Waals surface area contributed by atoms with Gasteiger partial charge in [0.05, 0.1) is 15.4 Å². The van der Waals surface area contributed by atoms with Gasteiger partial charge in [-0.25, -0.2) is 9.97 Å². The van der Waals surface area contributed by atoms with E-state index in [9.17, 15) is 4.79 Å². The molecule has 1 saturated carbocycles. The fourth-order valence-corrected chi connectivity index (χ4v) is 5.01. The zero-order chi connectivity index (χ0) is 18.3.